The van der Waals surface area contributed by atoms with E-state index in [1.54, 1.807) is 0 Å². The lowest BCUT2D eigenvalue weighted by atomic mass is 10.1. The highest BCUT2D eigenvalue weighted by molar-refractivity contribution is 5.98. The lowest BCUT2D eigenvalue weighted by Gasteiger charge is -1.95. The molecule has 0 aliphatic carbocycles. The van der Waals surface area contributed by atoms with Gasteiger partial charge < -0.3 is 4.85 Å². The molecule has 0 heterocycles. The average molecular weight is 181 g/mol. The van der Waals surface area contributed by atoms with Gasteiger partial charge in [0.1, 0.15) is 0 Å². The second kappa shape index (κ2) is 3.76. The molecule has 0 unspecified atom stereocenters. The number of Topliss-reactive ketones (excluding diaryl/α,β-unsaturated/α-hetero) is 1. The third-order valence-corrected chi connectivity index (χ3v) is 1.46. The molecule has 0 N–H and O–H groups in total. The predicted molar refractivity (Wildman–Crippen MR) is 42.2 cm³/mol. The number of carbonyl (C=O) groups is 1. The van der Waals surface area contributed by atoms with Crippen LogP contribution in [0.2, 0.25) is 0 Å². The van der Waals surface area contributed by atoms with E-state index in [0.29, 0.717) is 0 Å². The van der Waals surface area contributed by atoms with Crippen molar-refractivity contribution >= 4 is 5.78 Å². The summed E-state index contributed by atoms with van der Waals surface area (Å²) in [4.78, 5) is 13.9. The molecule has 0 atom stereocenters. The van der Waals surface area contributed by atoms with Crippen LogP contribution in [0.4, 0.5) is 8.78 Å². The molecule has 4 heteroatoms. The smallest absolute Gasteiger partial charge is 0.276 e. The van der Waals surface area contributed by atoms with Crippen LogP contribution >= 0.6 is 0 Å². The topological polar surface area (TPSA) is 21.4 Å². The number of halogens is 2. The molecule has 0 saturated heterocycles. The number of ketones is 1. The van der Waals surface area contributed by atoms with Crippen LogP contribution < -0.4 is 0 Å². The van der Waals surface area contributed by atoms with Gasteiger partial charge in [0.05, 0.1) is 0 Å². The van der Waals surface area contributed by atoms with Crippen LogP contribution in [0.1, 0.15) is 10.4 Å². The summed E-state index contributed by atoms with van der Waals surface area (Å²) in [6.07, 6.45) is 0. The van der Waals surface area contributed by atoms with Gasteiger partial charge >= 0.3 is 0 Å². The lowest BCUT2D eigenvalue weighted by molar-refractivity contribution is 0.101. The van der Waals surface area contributed by atoms with Gasteiger partial charge in [0, 0.05) is 5.56 Å². The summed E-state index contributed by atoms with van der Waals surface area (Å²) in [6, 6.07) is 2.82. The first kappa shape index (κ1) is 9.33. The summed E-state index contributed by atoms with van der Waals surface area (Å²) in [5, 5.41) is 0. The van der Waals surface area contributed by atoms with Crippen LogP contribution in [-0.2, 0) is 0 Å². The first-order valence-electron chi connectivity index (χ1n) is 3.46. The SMILES string of the molecule is [C-]#[N+]CC(=O)c1ccc(F)c(F)c1. The lowest BCUT2D eigenvalue weighted by Crippen LogP contribution is -2.02. The van der Waals surface area contributed by atoms with E-state index in [9.17, 15) is 13.6 Å². The van der Waals surface area contributed by atoms with Crippen LogP contribution in [0.25, 0.3) is 4.85 Å². The highest BCUT2D eigenvalue weighted by atomic mass is 19.2. The maximum atomic E-state index is 12.6. The fourth-order valence-corrected chi connectivity index (χ4v) is 0.833. The Morgan fingerprint density at radius 1 is 1.38 bits per heavy atom. The van der Waals surface area contributed by atoms with Gasteiger partial charge in [-0.05, 0) is 18.2 Å². The molecule has 0 aromatic heterocycles. The van der Waals surface area contributed by atoms with E-state index in [1.807, 2.05) is 0 Å². The van der Waals surface area contributed by atoms with E-state index in [2.05, 4.69) is 4.85 Å². The third kappa shape index (κ3) is 2.09. The molecule has 0 amide bonds. The van der Waals surface area contributed by atoms with Gasteiger partial charge in [-0.25, -0.2) is 15.4 Å². The maximum Gasteiger partial charge on any atom is 0.276 e. The van der Waals surface area contributed by atoms with Gasteiger partial charge in [-0.2, -0.15) is 0 Å². The Kier molecular flexibility index (Phi) is 2.70. The van der Waals surface area contributed by atoms with Crippen molar-refractivity contribution in [2.75, 3.05) is 6.54 Å². The third-order valence-electron chi connectivity index (χ3n) is 1.46. The molecular weight excluding hydrogens is 176 g/mol. The fraction of sp³-hybridized carbons (Fsp3) is 0.111. The van der Waals surface area contributed by atoms with Crippen LogP contribution in [-0.4, -0.2) is 12.3 Å². The molecule has 0 aliphatic heterocycles. The zero-order chi connectivity index (χ0) is 9.84. The Morgan fingerprint density at radius 3 is 2.62 bits per heavy atom. The van der Waals surface area contributed by atoms with Gasteiger partial charge in [0.25, 0.3) is 6.54 Å². The zero-order valence-electron chi connectivity index (χ0n) is 6.55. The Balaban J connectivity index is 2.98. The molecule has 2 nitrogen and oxygen atoms in total. The molecule has 0 saturated carbocycles. The molecule has 0 fully saturated rings. The maximum absolute atomic E-state index is 12.6. The van der Waals surface area contributed by atoms with Crippen LogP contribution in [0.5, 0.6) is 0 Å². The van der Waals surface area contributed by atoms with Crippen molar-refractivity contribution < 1.29 is 13.6 Å². The molecule has 0 bridgehead atoms. The number of benzene rings is 1. The number of hydrogen-bond donors (Lipinski definition) is 0. The second-order valence-corrected chi connectivity index (χ2v) is 2.37. The highest BCUT2D eigenvalue weighted by Crippen LogP contribution is 2.09. The van der Waals surface area contributed by atoms with Gasteiger partial charge in [-0.3, -0.25) is 4.79 Å². The monoisotopic (exact) mass is 181 g/mol. The largest absolute Gasteiger partial charge is 0.308 e. The summed E-state index contributed by atoms with van der Waals surface area (Å²) in [5.41, 5.74) is 0.0231. The summed E-state index contributed by atoms with van der Waals surface area (Å²) in [7, 11) is 0. The molecule has 1 aromatic carbocycles. The molecule has 0 radical (unpaired) electrons. The summed E-state index contributed by atoms with van der Waals surface area (Å²) < 4.78 is 25.0. The Hall–Kier alpha value is -1.76. The standard InChI is InChI=1S/C9H5F2NO/c1-12-5-9(13)6-2-3-7(10)8(11)4-6/h2-4H,5H2. The minimum absolute atomic E-state index is 0.0231. The van der Waals surface area contributed by atoms with Gasteiger partial charge in [-0.15, -0.1) is 0 Å². The van der Waals surface area contributed by atoms with Gasteiger partial charge in [-0.1, -0.05) is 0 Å². The van der Waals surface area contributed by atoms with Crippen molar-refractivity contribution in [2.45, 2.75) is 0 Å². The minimum atomic E-state index is -1.07. The number of carbonyl (C=O) groups excluding carboxylic acids is 1. The van der Waals surface area contributed by atoms with Crippen molar-refractivity contribution in [1.82, 2.24) is 0 Å². The molecule has 13 heavy (non-hydrogen) atoms. The quantitative estimate of drug-likeness (QED) is 0.505. The summed E-state index contributed by atoms with van der Waals surface area (Å²) in [6.45, 7) is 6.07. The highest BCUT2D eigenvalue weighted by Gasteiger charge is 2.11. The van der Waals surface area contributed by atoms with Crippen molar-refractivity contribution in [1.29, 1.82) is 0 Å². The van der Waals surface area contributed by atoms with Crippen molar-refractivity contribution in [2.24, 2.45) is 0 Å². The average Bonchev–Trinajstić information content (AvgIpc) is 2.10. The predicted octanol–water partition coefficient (Wildman–Crippen LogP) is 2.07. The fourth-order valence-electron chi connectivity index (χ4n) is 0.833. The van der Waals surface area contributed by atoms with Gasteiger partial charge in [0.15, 0.2) is 11.6 Å². The first-order chi connectivity index (χ1) is 6.15. The van der Waals surface area contributed by atoms with E-state index in [4.69, 9.17) is 6.57 Å². The molecular formula is C9H5F2NO. The molecule has 66 valence electrons. The first-order valence-corrected chi connectivity index (χ1v) is 3.46. The van der Waals surface area contributed by atoms with E-state index >= 15 is 0 Å². The Labute approximate surface area is 73.6 Å². The van der Waals surface area contributed by atoms with Crippen LogP contribution in [0.3, 0.4) is 0 Å². The van der Waals surface area contributed by atoms with E-state index in [-0.39, 0.29) is 12.1 Å². The van der Waals surface area contributed by atoms with Crippen molar-refractivity contribution in [3.05, 3.63) is 46.8 Å². The number of hydrogen-bond acceptors (Lipinski definition) is 1. The Bertz CT molecular complexity index is 382. The second-order valence-electron chi connectivity index (χ2n) is 2.37. The number of rotatable bonds is 2. The molecule has 1 aromatic rings. The van der Waals surface area contributed by atoms with Crippen molar-refractivity contribution in [3.8, 4) is 0 Å². The van der Waals surface area contributed by atoms with E-state index < -0.39 is 17.4 Å². The normalized spacial score (nSPS) is 9.31. The van der Waals surface area contributed by atoms with E-state index in [0.717, 1.165) is 18.2 Å². The van der Waals surface area contributed by atoms with Crippen molar-refractivity contribution in [3.63, 3.8) is 0 Å². The molecule has 1 rings (SSSR count). The molecule has 0 spiro atoms. The van der Waals surface area contributed by atoms with Crippen LogP contribution in [0.15, 0.2) is 18.2 Å². The van der Waals surface area contributed by atoms with Crippen LogP contribution in [0, 0.1) is 18.2 Å². The summed E-state index contributed by atoms with van der Waals surface area (Å²) in [5.74, 6) is -2.58. The number of nitrogens with zero attached hydrogens (tertiary/aromatic N) is 1. The molecule has 0 aliphatic rings. The zero-order valence-corrected chi connectivity index (χ0v) is 6.55. The minimum Gasteiger partial charge on any atom is -0.308 e. The Morgan fingerprint density at radius 2 is 2.08 bits per heavy atom. The summed E-state index contributed by atoms with van der Waals surface area (Å²) >= 11 is 0. The van der Waals surface area contributed by atoms with Gasteiger partial charge in [0.2, 0.25) is 5.78 Å². The van der Waals surface area contributed by atoms with E-state index in [1.165, 1.54) is 0 Å².